The Morgan fingerprint density at radius 1 is 1.32 bits per heavy atom. The van der Waals surface area contributed by atoms with Crippen molar-refractivity contribution >= 4 is 22.8 Å². The fourth-order valence-electron chi connectivity index (χ4n) is 2.27. The molecular weight excluding hydrogens is 341 g/mol. The highest BCUT2D eigenvalue weighted by molar-refractivity contribution is 5.97. The Hall–Kier alpha value is -2.52. The average Bonchev–Trinajstić information content (AvgIpc) is 2.77. The van der Waals surface area contributed by atoms with E-state index in [1.165, 1.54) is 10.7 Å². The van der Waals surface area contributed by atoms with Crippen LogP contribution in [0.25, 0.3) is 10.9 Å². The fourth-order valence-corrected chi connectivity index (χ4v) is 2.27. The molecular formula is C15H19F3N4O3. The Balaban J connectivity index is 2.51. The molecule has 0 saturated carbocycles. The van der Waals surface area contributed by atoms with E-state index in [-0.39, 0.29) is 11.2 Å². The number of carbonyl (C=O) groups is 1. The second-order valence-electron chi connectivity index (χ2n) is 6.42. The zero-order valence-electron chi connectivity index (χ0n) is 14.3. The van der Waals surface area contributed by atoms with E-state index in [9.17, 15) is 22.8 Å². The summed E-state index contributed by atoms with van der Waals surface area (Å²) >= 11 is 0. The van der Waals surface area contributed by atoms with E-state index in [4.69, 9.17) is 4.74 Å². The molecule has 0 atom stereocenters. The molecule has 25 heavy (non-hydrogen) atoms. The molecule has 0 aliphatic carbocycles. The first-order valence-corrected chi connectivity index (χ1v) is 7.58. The molecule has 10 heteroatoms. The van der Waals surface area contributed by atoms with Gasteiger partial charge in [0, 0.05) is 12.7 Å². The number of amides is 1. The first kappa shape index (κ1) is 18.8. The zero-order valence-corrected chi connectivity index (χ0v) is 14.3. The molecule has 1 N–H and O–H groups in total. The number of ether oxygens (including phenoxy) is 1. The van der Waals surface area contributed by atoms with Gasteiger partial charge in [0.15, 0.2) is 5.82 Å². The Kier molecular flexibility index (Phi) is 4.83. The van der Waals surface area contributed by atoms with Gasteiger partial charge >= 0.3 is 12.3 Å². The van der Waals surface area contributed by atoms with Crippen LogP contribution in [-0.4, -0.2) is 32.2 Å². The maximum Gasteiger partial charge on any atom is 0.413 e. The SMILES string of the molecule is CCn1nc(NC(=O)OC(C)(C)C)c2c(=O)n(CC(F)(F)F)ccc21. The molecule has 2 aromatic rings. The quantitative estimate of drug-likeness (QED) is 0.912. The van der Waals surface area contributed by atoms with Gasteiger partial charge in [-0.3, -0.25) is 14.8 Å². The van der Waals surface area contributed by atoms with Gasteiger partial charge in [0.25, 0.3) is 5.56 Å². The highest BCUT2D eigenvalue weighted by atomic mass is 19.4. The van der Waals surface area contributed by atoms with Crippen LogP contribution in [0, 0.1) is 0 Å². The third kappa shape index (κ3) is 4.52. The van der Waals surface area contributed by atoms with Crippen molar-refractivity contribution in [1.82, 2.24) is 14.3 Å². The van der Waals surface area contributed by atoms with Crippen LogP contribution in [0.4, 0.5) is 23.8 Å². The van der Waals surface area contributed by atoms with Gasteiger partial charge in [-0.2, -0.15) is 18.3 Å². The molecule has 0 bridgehead atoms. The molecule has 2 rings (SSSR count). The lowest BCUT2D eigenvalue weighted by Gasteiger charge is -2.19. The molecule has 0 aliphatic heterocycles. The predicted octanol–water partition coefficient (Wildman–Crippen LogP) is 3.13. The lowest BCUT2D eigenvalue weighted by atomic mass is 10.2. The summed E-state index contributed by atoms with van der Waals surface area (Å²) in [6, 6.07) is 1.36. The topological polar surface area (TPSA) is 78.2 Å². The summed E-state index contributed by atoms with van der Waals surface area (Å²) in [5.74, 6) is -0.132. The second kappa shape index (κ2) is 6.41. The molecule has 1 amide bonds. The number of aromatic nitrogens is 3. The molecule has 0 aromatic carbocycles. The third-order valence-corrected chi connectivity index (χ3v) is 3.15. The number of pyridine rings is 1. The summed E-state index contributed by atoms with van der Waals surface area (Å²) in [6.45, 7) is 5.67. The van der Waals surface area contributed by atoms with Crippen LogP contribution in [0.3, 0.4) is 0 Å². The number of alkyl halides is 3. The zero-order chi connectivity index (χ0) is 19.0. The summed E-state index contributed by atoms with van der Waals surface area (Å²) < 4.78 is 44.9. The minimum absolute atomic E-state index is 0.0977. The standard InChI is InChI=1S/C15H19F3N4O3/c1-5-22-9-6-7-21(8-15(16,17)18)12(23)10(9)11(20-22)19-13(24)25-14(2,3)4/h6-7H,5,8H2,1-4H3,(H,19,20,24). The van der Waals surface area contributed by atoms with E-state index in [1.807, 2.05) is 0 Å². The predicted molar refractivity (Wildman–Crippen MR) is 85.6 cm³/mol. The molecule has 0 radical (unpaired) electrons. The average molecular weight is 360 g/mol. The van der Waals surface area contributed by atoms with Gasteiger partial charge in [-0.1, -0.05) is 0 Å². The molecule has 138 valence electrons. The number of halogens is 3. The van der Waals surface area contributed by atoms with Crippen molar-refractivity contribution in [1.29, 1.82) is 0 Å². The van der Waals surface area contributed by atoms with Crippen LogP contribution in [0.2, 0.25) is 0 Å². The molecule has 0 spiro atoms. The lowest BCUT2D eigenvalue weighted by Crippen LogP contribution is -2.29. The highest BCUT2D eigenvalue weighted by Gasteiger charge is 2.29. The van der Waals surface area contributed by atoms with Crippen molar-refractivity contribution in [3.63, 3.8) is 0 Å². The smallest absolute Gasteiger partial charge is 0.413 e. The van der Waals surface area contributed by atoms with Gasteiger partial charge < -0.3 is 9.30 Å². The van der Waals surface area contributed by atoms with E-state index in [2.05, 4.69) is 10.4 Å². The Morgan fingerprint density at radius 2 is 1.96 bits per heavy atom. The number of hydrogen-bond acceptors (Lipinski definition) is 4. The van der Waals surface area contributed by atoms with Gasteiger partial charge in [-0.15, -0.1) is 0 Å². The van der Waals surface area contributed by atoms with E-state index < -0.39 is 30.0 Å². The van der Waals surface area contributed by atoms with E-state index in [0.29, 0.717) is 16.6 Å². The molecule has 2 aromatic heterocycles. The normalized spacial score (nSPS) is 12.4. The Morgan fingerprint density at radius 3 is 2.48 bits per heavy atom. The summed E-state index contributed by atoms with van der Waals surface area (Å²) in [5.41, 5.74) is -1.33. The number of hydrogen-bond donors (Lipinski definition) is 1. The van der Waals surface area contributed by atoms with Crippen LogP contribution >= 0.6 is 0 Å². The molecule has 0 unspecified atom stereocenters. The minimum atomic E-state index is -4.54. The van der Waals surface area contributed by atoms with Crippen LogP contribution < -0.4 is 10.9 Å². The van der Waals surface area contributed by atoms with Crippen LogP contribution in [0.5, 0.6) is 0 Å². The molecule has 0 aliphatic rings. The molecule has 2 heterocycles. The van der Waals surface area contributed by atoms with Crippen molar-refractivity contribution in [3.05, 3.63) is 22.6 Å². The van der Waals surface area contributed by atoms with E-state index in [1.54, 1.807) is 27.7 Å². The number of nitrogens with zero attached hydrogens (tertiary/aromatic N) is 3. The third-order valence-electron chi connectivity index (χ3n) is 3.15. The van der Waals surface area contributed by atoms with Crippen molar-refractivity contribution < 1.29 is 22.7 Å². The van der Waals surface area contributed by atoms with Gasteiger partial charge in [-0.25, -0.2) is 4.79 Å². The Bertz CT molecular complexity index is 847. The van der Waals surface area contributed by atoms with Crippen molar-refractivity contribution in [2.45, 2.75) is 52.6 Å². The summed E-state index contributed by atoms with van der Waals surface area (Å²) in [5, 5.41) is 6.33. The van der Waals surface area contributed by atoms with Crippen LogP contribution in [0.15, 0.2) is 17.1 Å². The Labute approximate surface area is 141 Å². The fraction of sp³-hybridized carbons (Fsp3) is 0.533. The number of nitrogens with one attached hydrogen (secondary N) is 1. The molecule has 0 saturated heterocycles. The van der Waals surface area contributed by atoms with E-state index in [0.717, 1.165) is 6.20 Å². The number of fused-ring (bicyclic) bond motifs is 1. The van der Waals surface area contributed by atoms with Crippen molar-refractivity contribution in [2.75, 3.05) is 5.32 Å². The highest BCUT2D eigenvalue weighted by Crippen LogP contribution is 2.22. The summed E-state index contributed by atoms with van der Waals surface area (Å²) in [7, 11) is 0. The number of aryl methyl sites for hydroxylation is 1. The minimum Gasteiger partial charge on any atom is -0.444 e. The summed E-state index contributed by atoms with van der Waals surface area (Å²) in [4.78, 5) is 24.4. The largest absolute Gasteiger partial charge is 0.444 e. The van der Waals surface area contributed by atoms with Gasteiger partial charge in [0.05, 0.1) is 5.52 Å². The summed E-state index contributed by atoms with van der Waals surface area (Å²) in [6.07, 6.45) is -4.33. The van der Waals surface area contributed by atoms with Crippen LogP contribution in [0.1, 0.15) is 27.7 Å². The lowest BCUT2D eigenvalue weighted by molar-refractivity contribution is -0.141. The second-order valence-corrected chi connectivity index (χ2v) is 6.42. The van der Waals surface area contributed by atoms with Gasteiger partial charge in [0.2, 0.25) is 0 Å². The number of rotatable bonds is 3. The van der Waals surface area contributed by atoms with Crippen LogP contribution in [-0.2, 0) is 17.8 Å². The first-order chi connectivity index (χ1) is 11.4. The van der Waals surface area contributed by atoms with Gasteiger partial charge in [0.1, 0.15) is 17.5 Å². The molecule has 0 fully saturated rings. The maximum absolute atomic E-state index is 12.6. The molecule has 7 nitrogen and oxygen atoms in total. The van der Waals surface area contributed by atoms with Crippen molar-refractivity contribution in [3.8, 4) is 0 Å². The van der Waals surface area contributed by atoms with Crippen molar-refractivity contribution in [2.24, 2.45) is 0 Å². The number of anilines is 1. The maximum atomic E-state index is 12.6. The van der Waals surface area contributed by atoms with E-state index >= 15 is 0 Å². The number of carbonyl (C=O) groups excluding carboxylic acids is 1. The first-order valence-electron chi connectivity index (χ1n) is 7.58. The van der Waals surface area contributed by atoms with Gasteiger partial charge in [-0.05, 0) is 33.8 Å². The monoisotopic (exact) mass is 360 g/mol.